The van der Waals surface area contributed by atoms with Crippen molar-refractivity contribution in [2.75, 3.05) is 12.5 Å². The molecule has 10 heteroatoms. The average molecular weight is 438 g/mol. The van der Waals surface area contributed by atoms with E-state index in [1.807, 2.05) is 0 Å². The first-order valence-electron chi connectivity index (χ1n) is 4.69. The Kier molecular flexibility index (Phi) is 5.27. The van der Waals surface area contributed by atoms with Crippen molar-refractivity contribution in [2.45, 2.75) is 5.33 Å². The van der Waals surface area contributed by atoms with E-state index >= 15 is 0 Å². The molecule has 1 rings (SSSR count). The van der Waals surface area contributed by atoms with Crippen LogP contribution in [0.2, 0.25) is 0 Å². The van der Waals surface area contributed by atoms with Crippen molar-refractivity contribution in [2.24, 2.45) is 0 Å². The lowest BCUT2D eigenvalue weighted by molar-refractivity contribution is 0.455. The van der Waals surface area contributed by atoms with Crippen LogP contribution in [0.5, 0.6) is 11.5 Å². The molecule has 0 N–H and O–H groups in total. The maximum Gasteiger partial charge on any atom is 0.306 e. The van der Waals surface area contributed by atoms with E-state index in [2.05, 4.69) is 31.9 Å². The lowest BCUT2D eigenvalue weighted by Gasteiger charge is -2.12. The van der Waals surface area contributed by atoms with Crippen molar-refractivity contribution in [3.05, 3.63) is 22.2 Å². The highest BCUT2D eigenvalue weighted by molar-refractivity contribution is 9.10. The molecule has 1 aromatic carbocycles. The number of benzene rings is 1. The van der Waals surface area contributed by atoms with E-state index in [9.17, 15) is 16.8 Å². The molecule has 0 aliphatic heterocycles. The maximum absolute atomic E-state index is 11.2. The molecule has 108 valence electrons. The van der Waals surface area contributed by atoms with Crippen LogP contribution in [0.25, 0.3) is 0 Å². The van der Waals surface area contributed by atoms with Crippen LogP contribution in [0.4, 0.5) is 0 Å². The molecule has 0 heterocycles. The fraction of sp³-hybridized carbons (Fsp3) is 0.333. The first-order chi connectivity index (χ1) is 8.52. The number of hydrogen-bond acceptors (Lipinski definition) is 6. The van der Waals surface area contributed by atoms with E-state index in [0.717, 1.165) is 12.5 Å². The standard InChI is InChI=1S/C9H10Br2O6S2/c1-18(12,13)16-8-3-6(5-10)7(11)4-9(8)17-19(2,14)15/h3-4H,5H2,1-2H3. The highest BCUT2D eigenvalue weighted by Gasteiger charge is 2.18. The van der Waals surface area contributed by atoms with Gasteiger partial charge in [-0.2, -0.15) is 16.8 Å². The zero-order valence-electron chi connectivity index (χ0n) is 9.88. The van der Waals surface area contributed by atoms with Crippen molar-refractivity contribution in [3.8, 4) is 11.5 Å². The molecule has 0 aliphatic rings. The lowest BCUT2D eigenvalue weighted by atomic mass is 10.2. The van der Waals surface area contributed by atoms with Crippen molar-refractivity contribution < 1.29 is 25.2 Å². The summed E-state index contributed by atoms with van der Waals surface area (Å²) in [5, 5.41) is 0.423. The van der Waals surface area contributed by atoms with Gasteiger partial charge in [-0.15, -0.1) is 0 Å². The fourth-order valence-electron chi connectivity index (χ4n) is 1.14. The molecule has 0 saturated heterocycles. The van der Waals surface area contributed by atoms with Crippen LogP contribution >= 0.6 is 31.9 Å². The topological polar surface area (TPSA) is 86.7 Å². The SMILES string of the molecule is CS(=O)(=O)Oc1cc(Br)c(CBr)cc1OS(C)(=O)=O. The first kappa shape index (κ1) is 16.7. The summed E-state index contributed by atoms with van der Waals surface area (Å²) in [5.41, 5.74) is 0.680. The Bertz CT molecular complexity index is 681. The molecule has 0 fully saturated rings. The highest BCUT2D eigenvalue weighted by Crippen LogP contribution is 2.36. The molecule has 0 aromatic heterocycles. The Hall–Kier alpha value is -0.320. The van der Waals surface area contributed by atoms with Crippen molar-refractivity contribution in [1.29, 1.82) is 0 Å². The molecule has 0 amide bonds. The van der Waals surface area contributed by atoms with Crippen LogP contribution in [0.3, 0.4) is 0 Å². The molecule has 1 aromatic rings. The summed E-state index contributed by atoms with van der Waals surface area (Å²) in [5.74, 6) is -0.393. The zero-order chi connectivity index (χ0) is 14.8. The summed E-state index contributed by atoms with van der Waals surface area (Å²) in [6.45, 7) is 0. The van der Waals surface area contributed by atoms with Crippen LogP contribution < -0.4 is 8.37 Å². The molecular formula is C9H10Br2O6S2. The number of halogens is 2. The van der Waals surface area contributed by atoms with Crippen molar-refractivity contribution in [1.82, 2.24) is 0 Å². The highest BCUT2D eigenvalue weighted by atomic mass is 79.9. The minimum Gasteiger partial charge on any atom is -0.379 e. The minimum atomic E-state index is -3.80. The van der Waals surface area contributed by atoms with Crippen LogP contribution in [-0.4, -0.2) is 29.3 Å². The summed E-state index contributed by atoms with van der Waals surface area (Å²) >= 11 is 6.43. The van der Waals surface area contributed by atoms with E-state index in [-0.39, 0.29) is 11.5 Å². The normalized spacial score (nSPS) is 12.2. The van der Waals surface area contributed by atoms with Crippen LogP contribution in [0.1, 0.15) is 5.56 Å². The van der Waals surface area contributed by atoms with E-state index in [4.69, 9.17) is 8.37 Å². The first-order valence-corrected chi connectivity index (χ1v) is 10.2. The van der Waals surface area contributed by atoms with Gasteiger partial charge in [0.15, 0.2) is 11.5 Å². The van der Waals surface area contributed by atoms with Gasteiger partial charge in [-0.05, 0) is 11.6 Å². The predicted octanol–water partition coefficient (Wildman–Crippen LogP) is 2.02. The molecule has 0 atom stereocenters. The monoisotopic (exact) mass is 436 g/mol. The zero-order valence-corrected chi connectivity index (χ0v) is 14.7. The number of rotatable bonds is 5. The van der Waals surface area contributed by atoms with Crippen LogP contribution in [0.15, 0.2) is 16.6 Å². The van der Waals surface area contributed by atoms with Gasteiger partial charge in [0, 0.05) is 15.9 Å². The molecule has 0 bridgehead atoms. The Morgan fingerprint density at radius 3 is 1.79 bits per heavy atom. The van der Waals surface area contributed by atoms with E-state index in [0.29, 0.717) is 15.4 Å². The quantitative estimate of drug-likeness (QED) is 0.517. The largest absolute Gasteiger partial charge is 0.379 e. The molecule has 0 radical (unpaired) electrons. The van der Waals surface area contributed by atoms with Gasteiger partial charge in [-0.3, -0.25) is 0 Å². The third-order valence-corrected chi connectivity index (χ3v) is 4.05. The lowest BCUT2D eigenvalue weighted by Crippen LogP contribution is -2.11. The predicted molar refractivity (Wildman–Crippen MR) is 77.7 cm³/mol. The van der Waals surface area contributed by atoms with Gasteiger partial charge in [0.05, 0.1) is 12.5 Å². The van der Waals surface area contributed by atoms with Gasteiger partial charge in [0.2, 0.25) is 0 Å². The summed E-state index contributed by atoms with van der Waals surface area (Å²) < 4.78 is 54.5. The third-order valence-electron chi connectivity index (χ3n) is 1.74. The molecule has 19 heavy (non-hydrogen) atoms. The fourth-order valence-corrected chi connectivity index (χ4v) is 3.35. The van der Waals surface area contributed by atoms with Gasteiger partial charge in [-0.25, -0.2) is 0 Å². The molecule has 0 unspecified atom stereocenters. The Morgan fingerprint density at radius 2 is 1.42 bits per heavy atom. The second-order valence-corrected chi connectivity index (χ2v) is 8.16. The van der Waals surface area contributed by atoms with E-state index in [1.165, 1.54) is 12.1 Å². The summed E-state index contributed by atoms with van der Waals surface area (Å²) in [6.07, 6.45) is 1.70. The summed E-state index contributed by atoms with van der Waals surface area (Å²) in [4.78, 5) is 0. The van der Waals surface area contributed by atoms with Gasteiger partial charge in [-0.1, -0.05) is 31.9 Å². The molecule has 6 nitrogen and oxygen atoms in total. The third kappa shape index (κ3) is 5.67. The Balaban J connectivity index is 3.38. The molecule has 0 aliphatic carbocycles. The molecular weight excluding hydrogens is 428 g/mol. The van der Waals surface area contributed by atoms with Crippen LogP contribution in [0, 0.1) is 0 Å². The smallest absolute Gasteiger partial charge is 0.306 e. The van der Waals surface area contributed by atoms with Gasteiger partial charge in [0.1, 0.15) is 0 Å². The second-order valence-electron chi connectivity index (χ2n) is 3.60. The Morgan fingerprint density at radius 1 is 1.00 bits per heavy atom. The summed E-state index contributed by atoms with van der Waals surface area (Å²) in [6, 6.07) is 2.71. The van der Waals surface area contributed by atoms with Crippen molar-refractivity contribution in [3.63, 3.8) is 0 Å². The molecule has 0 spiro atoms. The number of alkyl halides is 1. The summed E-state index contributed by atoms with van der Waals surface area (Å²) in [7, 11) is -7.60. The molecule has 0 saturated carbocycles. The maximum atomic E-state index is 11.2. The Labute approximate surface area is 128 Å². The van der Waals surface area contributed by atoms with Gasteiger partial charge < -0.3 is 8.37 Å². The van der Waals surface area contributed by atoms with Gasteiger partial charge >= 0.3 is 20.2 Å². The van der Waals surface area contributed by atoms with E-state index in [1.54, 1.807) is 0 Å². The average Bonchev–Trinajstić information content (AvgIpc) is 2.17. The minimum absolute atomic E-state index is 0.189. The van der Waals surface area contributed by atoms with Crippen molar-refractivity contribution >= 4 is 52.1 Å². The second kappa shape index (κ2) is 5.98. The van der Waals surface area contributed by atoms with Gasteiger partial charge in [0.25, 0.3) is 0 Å². The van der Waals surface area contributed by atoms with E-state index < -0.39 is 20.2 Å². The van der Waals surface area contributed by atoms with Crippen LogP contribution in [-0.2, 0) is 25.6 Å². The number of hydrogen-bond donors (Lipinski definition) is 0.